The van der Waals surface area contributed by atoms with Gasteiger partial charge >= 0.3 is 6.03 Å². The van der Waals surface area contributed by atoms with Gasteiger partial charge in [-0.2, -0.15) is 0 Å². The molecule has 5 nitrogen and oxygen atoms in total. The quantitative estimate of drug-likeness (QED) is 0.737. The number of rotatable bonds is 6. The molecule has 144 valence electrons. The third-order valence-electron chi connectivity index (χ3n) is 4.60. The van der Waals surface area contributed by atoms with Gasteiger partial charge in [-0.25, -0.2) is 9.18 Å². The maximum atomic E-state index is 13.0. The van der Waals surface area contributed by atoms with Gasteiger partial charge in [0, 0.05) is 49.1 Å². The van der Waals surface area contributed by atoms with Crippen LogP contribution in [0.2, 0.25) is 5.02 Å². The lowest BCUT2D eigenvalue weighted by Crippen LogP contribution is -2.47. The number of urea groups is 1. The highest BCUT2D eigenvalue weighted by Gasteiger charge is 2.16. The molecule has 27 heavy (non-hydrogen) atoms. The molecule has 0 radical (unpaired) electrons. The summed E-state index contributed by atoms with van der Waals surface area (Å²) >= 11 is 5.82. The molecule has 0 unspecified atom stereocenters. The van der Waals surface area contributed by atoms with E-state index in [-0.39, 0.29) is 11.8 Å². The van der Waals surface area contributed by atoms with Crippen molar-refractivity contribution >= 4 is 29.0 Å². The molecule has 1 fully saturated rings. The normalized spacial score (nSPS) is 14.8. The summed E-state index contributed by atoms with van der Waals surface area (Å²) in [4.78, 5) is 16.5. The van der Waals surface area contributed by atoms with Crippen LogP contribution in [0.1, 0.15) is 6.42 Å². The summed E-state index contributed by atoms with van der Waals surface area (Å²) in [6.07, 6.45) is 0.893. The molecule has 1 aliphatic heterocycles. The Balaban J connectivity index is 1.30. The summed E-state index contributed by atoms with van der Waals surface area (Å²) in [6.45, 7) is 5.35. The molecular formula is C20H24ClFN4O. The van der Waals surface area contributed by atoms with E-state index in [9.17, 15) is 9.18 Å². The maximum absolute atomic E-state index is 13.0. The van der Waals surface area contributed by atoms with Crippen LogP contribution in [0.5, 0.6) is 0 Å². The molecule has 0 aromatic heterocycles. The number of hydrogen-bond acceptors (Lipinski definition) is 3. The zero-order chi connectivity index (χ0) is 19.1. The van der Waals surface area contributed by atoms with E-state index in [2.05, 4.69) is 20.4 Å². The number of anilines is 2. The summed E-state index contributed by atoms with van der Waals surface area (Å²) < 4.78 is 13.0. The van der Waals surface area contributed by atoms with Crippen molar-refractivity contribution < 1.29 is 9.18 Å². The number of piperazine rings is 1. The molecule has 1 heterocycles. The number of carbonyl (C=O) groups is 1. The molecule has 0 atom stereocenters. The van der Waals surface area contributed by atoms with Gasteiger partial charge in [-0.3, -0.25) is 4.90 Å². The van der Waals surface area contributed by atoms with Crippen LogP contribution >= 0.6 is 11.6 Å². The standard InChI is InChI=1S/C20H24ClFN4O/c21-16-2-6-18(7-3-16)24-20(27)23-10-1-11-25-12-14-26(15-13-25)19-8-4-17(22)5-9-19/h2-9H,1,10-15H2,(H2,23,24,27). The first-order chi connectivity index (χ1) is 13.1. The van der Waals surface area contributed by atoms with E-state index in [1.165, 1.54) is 12.1 Å². The van der Waals surface area contributed by atoms with Crippen molar-refractivity contribution in [2.75, 3.05) is 49.5 Å². The number of amides is 2. The lowest BCUT2D eigenvalue weighted by Gasteiger charge is -2.36. The molecule has 3 rings (SSSR count). The fourth-order valence-electron chi connectivity index (χ4n) is 3.09. The second kappa shape index (κ2) is 9.58. The number of carbonyl (C=O) groups excluding carboxylic acids is 1. The van der Waals surface area contributed by atoms with Crippen LogP contribution in [-0.2, 0) is 0 Å². The highest BCUT2D eigenvalue weighted by molar-refractivity contribution is 6.30. The van der Waals surface area contributed by atoms with Crippen molar-refractivity contribution in [1.82, 2.24) is 10.2 Å². The van der Waals surface area contributed by atoms with E-state index in [4.69, 9.17) is 11.6 Å². The monoisotopic (exact) mass is 390 g/mol. The van der Waals surface area contributed by atoms with Crippen LogP contribution in [0.4, 0.5) is 20.6 Å². The molecule has 0 bridgehead atoms. The van der Waals surface area contributed by atoms with Crippen LogP contribution in [0.25, 0.3) is 0 Å². The second-order valence-electron chi connectivity index (χ2n) is 6.55. The number of nitrogens with one attached hydrogen (secondary N) is 2. The third kappa shape index (κ3) is 6.12. The molecule has 2 N–H and O–H groups in total. The van der Waals surface area contributed by atoms with E-state index in [0.29, 0.717) is 17.3 Å². The summed E-state index contributed by atoms with van der Waals surface area (Å²) in [5.41, 5.74) is 1.78. The molecule has 7 heteroatoms. The topological polar surface area (TPSA) is 47.6 Å². The van der Waals surface area contributed by atoms with Crippen molar-refractivity contribution in [3.63, 3.8) is 0 Å². The number of benzene rings is 2. The Morgan fingerprint density at radius 3 is 2.33 bits per heavy atom. The molecular weight excluding hydrogens is 367 g/mol. The summed E-state index contributed by atoms with van der Waals surface area (Å²) in [7, 11) is 0. The van der Waals surface area contributed by atoms with Gasteiger partial charge in [0.1, 0.15) is 5.82 Å². The molecule has 0 aliphatic carbocycles. The molecule has 1 saturated heterocycles. The Hall–Kier alpha value is -2.31. The van der Waals surface area contributed by atoms with Crippen molar-refractivity contribution in [2.45, 2.75) is 6.42 Å². The fraction of sp³-hybridized carbons (Fsp3) is 0.350. The average Bonchev–Trinajstić information content (AvgIpc) is 2.68. The zero-order valence-corrected chi connectivity index (χ0v) is 15.9. The third-order valence-corrected chi connectivity index (χ3v) is 4.85. The van der Waals surface area contributed by atoms with Gasteiger partial charge in [0.25, 0.3) is 0 Å². The van der Waals surface area contributed by atoms with Crippen molar-refractivity contribution in [1.29, 1.82) is 0 Å². The van der Waals surface area contributed by atoms with E-state index in [1.807, 2.05) is 12.1 Å². The SMILES string of the molecule is O=C(NCCCN1CCN(c2ccc(F)cc2)CC1)Nc1ccc(Cl)cc1. The lowest BCUT2D eigenvalue weighted by atomic mass is 10.2. The Morgan fingerprint density at radius 2 is 1.67 bits per heavy atom. The van der Waals surface area contributed by atoms with E-state index in [0.717, 1.165) is 44.8 Å². The van der Waals surface area contributed by atoms with Gasteiger partial charge in [-0.15, -0.1) is 0 Å². The highest BCUT2D eigenvalue weighted by atomic mass is 35.5. The van der Waals surface area contributed by atoms with E-state index < -0.39 is 0 Å². The second-order valence-corrected chi connectivity index (χ2v) is 6.98. The van der Waals surface area contributed by atoms with Gasteiger partial charge in [-0.05, 0) is 61.5 Å². The Labute approximate surface area is 164 Å². The predicted molar refractivity (Wildman–Crippen MR) is 108 cm³/mol. The van der Waals surface area contributed by atoms with E-state index in [1.54, 1.807) is 24.3 Å². The summed E-state index contributed by atoms with van der Waals surface area (Å²) in [6, 6.07) is 13.5. The number of nitrogens with zero attached hydrogens (tertiary/aromatic N) is 2. The van der Waals surface area contributed by atoms with Crippen molar-refractivity contribution in [2.24, 2.45) is 0 Å². The largest absolute Gasteiger partial charge is 0.369 e. The van der Waals surface area contributed by atoms with Crippen LogP contribution < -0.4 is 15.5 Å². The molecule has 0 spiro atoms. The first-order valence-electron chi connectivity index (χ1n) is 9.13. The Bertz CT molecular complexity index is 731. The minimum absolute atomic E-state index is 0.204. The maximum Gasteiger partial charge on any atom is 0.319 e. The van der Waals surface area contributed by atoms with Gasteiger partial charge < -0.3 is 15.5 Å². The minimum atomic E-state index is -0.210. The van der Waals surface area contributed by atoms with Gasteiger partial charge in [0.15, 0.2) is 0 Å². The summed E-state index contributed by atoms with van der Waals surface area (Å²) in [5, 5.41) is 6.29. The fourth-order valence-corrected chi connectivity index (χ4v) is 3.22. The number of hydrogen-bond donors (Lipinski definition) is 2. The number of halogens is 2. The van der Waals surface area contributed by atoms with E-state index >= 15 is 0 Å². The van der Waals surface area contributed by atoms with Crippen molar-refractivity contribution in [3.8, 4) is 0 Å². The molecule has 2 amide bonds. The zero-order valence-electron chi connectivity index (χ0n) is 15.1. The Kier molecular flexibility index (Phi) is 6.90. The molecule has 2 aromatic rings. The molecule has 2 aromatic carbocycles. The lowest BCUT2D eigenvalue weighted by molar-refractivity contribution is 0.244. The van der Waals surface area contributed by atoms with Crippen molar-refractivity contribution in [3.05, 3.63) is 59.4 Å². The molecule has 0 saturated carbocycles. The van der Waals surface area contributed by atoms with Crippen LogP contribution in [0, 0.1) is 5.82 Å². The van der Waals surface area contributed by atoms with Gasteiger partial charge in [0.2, 0.25) is 0 Å². The van der Waals surface area contributed by atoms with Crippen LogP contribution in [0.15, 0.2) is 48.5 Å². The first-order valence-corrected chi connectivity index (χ1v) is 9.51. The van der Waals surface area contributed by atoms with Crippen LogP contribution in [0.3, 0.4) is 0 Å². The Morgan fingerprint density at radius 1 is 1.00 bits per heavy atom. The van der Waals surface area contributed by atoms with Crippen LogP contribution in [-0.4, -0.2) is 50.2 Å². The van der Waals surface area contributed by atoms with Gasteiger partial charge in [0.05, 0.1) is 0 Å². The molecule has 1 aliphatic rings. The smallest absolute Gasteiger partial charge is 0.319 e. The highest BCUT2D eigenvalue weighted by Crippen LogP contribution is 2.17. The first kappa shape index (κ1) is 19.5. The minimum Gasteiger partial charge on any atom is -0.369 e. The van der Waals surface area contributed by atoms with Gasteiger partial charge in [-0.1, -0.05) is 11.6 Å². The average molecular weight is 391 g/mol. The summed E-state index contributed by atoms with van der Waals surface area (Å²) in [5.74, 6) is -0.204. The predicted octanol–water partition coefficient (Wildman–Crippen LogP) is 3.81.